The zero-order valence-corrected chi connectivity index (χ0v) is 17.6. The molecule has 32 heavy (non-hydrogen) atoms. The summed E-state index contributed by atoms with van der Waals surface area (Å²) in [5.41, 5.74) is 1.41. The number of fused-ring (bicyclic) bond motifs is 1. The molecule has 0 spiro atoms. The summed E-state index contributed by atoms with van der Waals surface area (Å²) in [7, 11) is 0. The average Bonchev–Trinajstić information content (AvgIpc) is 3.41. The van der Waals surface area contributed by atoms with Crippen LogP contribution in [0.2, 0.25) is 0 Å². The maximum absolute atomic E-state index is 14.8. The molecule has 0 saturated carbocycles. The van der Waals surface area contributed by atoms with Crippen LogP contribution in [0.5, 0.6) is 5.75 Å². The number of amides is 1. The van der Waals surface area contributed by atoms with Gasteiger partial charge in [-0.3, -0.25) is 9.59 Å². The summed E-state index contributed by atoms with van der Waals surface area (Å²) in [6.45, 7) is 1.40. The van der Waals surface area contributed by atoms with Crippen LogP contribution in [-0.4, -0.2) is 47.6 Å². The summed E-state index contributed by atoms with van der Waals surface area (Å²) in [6.07, 6.45) is 3.07. The van der Waals surface area contributed by atoms with E-state index >= 15 is 0 Å². The molecule has 3 aliphatic heterocycles. The lowest BCUT2D eigenvalue weighted by Gasteiger charge is -2.27. The maximum Gasteiger partial charge on any atom is 0.295 e. The highest BCUT2D eigenvalue weighted by atomic mass is 19.1. The number of aliphatic hydroxyl groups excluding tert-OH is 1. The number of halogens is 1. The lowest BCUT2D eigenvalue weighted by atomic mass is 9.93. The highest BCUT2D eigenvalue weighted by Crippen LogP contribution is 2.41. The number of hydrogen-bond acceptors (Lipinski definition) is 5. The van der Waals surface area contributed by atoms with Crippen molar-refractivity contribution < 1.29 is 28.6 Å². The Balaban J connectivity index is 1.62. The van der Waals surface area contributed by atoms with E-state index in [-0.39, 0.29) is 29.5 Å². The van der Waals surface area contributed by atoms with E-state index in [1.807, 2.05) is 0 Å². The molecule has 0 bridgehead atoms. The number of Topliss-reactive ketones (excluding diaryl/α,β-unsaturated/α-hetero) is 1. The molecule has 1 amide bonds. The van der Waals surface area contributed by atoms with Gasteiger partial charge in [0, 0.05) is 24.3 Å². The van der Waals surface area contributed by atoms with Gasteiger partial charge in [0.25, 0.3) is 11.7 Å². The molecule has 2 saturated heterocycles. The predicted octanol–water partition coefficient (Wildman–Crippen LogP) is 3.75. The highest BCUT2D eigenvalue weighted by Gasteiger charge is 2.47. The highest BCUT2D eigenvalue weighted by molar-refractivity contribution is 6.46. The molecule has 0 aliphatic carbocycles. The van der Waals surface area contributed by atoms with Crippen molar-refractivity contribution in [2.24, 2.45) is 0 Å². The van der Waals surface area contributed by atoms with Gasteiger partial charge in [-0.2, -0.15) is 0 Å². The number of likely N-dealkylation sites (tertiary alicyclic amines) is 1. The van der Waals surface area contributed by atoms with Gasteiger partial charge in [0.15, 0.2) is 0 Å². The van der Waals surface area contributed by atoms with Crippen molar-refractivity contribution in [2.75, 3.05) is 19.8 Å². The first kappa shape index (κ1) is 20.7. The molecule has 3 aliphatic rings. The first-order chi connectivity index (χ1) is 15.5. The Kier molecular flexibility index (Phi) is 5.43. The second-order valence-corrected chi connectivity index (χ2v) is 8.38. The number of ketones is 1. The van der Waals surface area contributed by atoms with Gasteiger partial charge in [-0.25, -0.2) is 4.39 Å². The Labute approximate surface area is 185 Å². The maximum atomic E-state index is 14.8. The fraction of sp³-hybridized carbons (Fsp3) is 0.360. The Hall–Kier alpha value is -3.19. The van der Waals surface area contributed by atoms with Crippen molar-refractivity contribution in [2.45, 2.75) is 37.8 Å². The number of benzene rings is 2. The second-order valence-electron chi connectivity index (χ2n) is 8.38. The Morgan fingerprint density at radius 3 is 2.75 bits per heavy atom. The van der Waals surface area contributed by atoms with E-state index in [0.29, 0.717) is 18.8 Å². The number of hydrogen-bond donors (Lipinski definition) is 1. The van der Waals surface area contributed by atoms with Crippen LogP contribution in [0, 0.1) is 5.82 Å². The quantitative estimate of drug-likeness (QED) is 0.448. The van der Waals surface area contributed by atoms with Crippen LogP contribution in [0.15, 0.2) is 48.0 Å². The lowest BCUT2D eigenvalue weighted by molar-refractivity contribution is -0.140. The molecule has 2 fully saturated rings. The molecule has 7 heteroatoms. The largest absolute Gasteiger partial charge is 0.507 e. The summed E-state index contributed by atoms with van der Waals surface area (Å²) in [6, 6.07) is 10.2. The molecule has 0 aromatic heterocycles. The first-order valence-corrected chi connectivity index (χ1v) is 10.9. The van der Waals surface area contributed by atoms with Crippen molar-refractivity contribution in [1.29, 1.82) is 0 Å². The fourth-order valence-corrected chi connectivity index (χ4v) is 4.76. The van der Waals surface area contributed by atoms with Crippen molar-refractivity contribution in [3.8, 4) is 5.75 Å². The molecule has 2 unspecified atom stereocenters. The number of aliphatic hydroxyl groups is 1. The minimum atomic E-state index is -1.02. The van der Waals surface area contributed by atoms with Crippen LogP contribution >= 0.6 is 0 Å². The van der Waals surface area contributed by atoms with Gasteiger partial charge in [0.2, 0.25) is 0 Å². The van der Waals surface area contributed by atoms with E-state index in [4.69, 9.17) is 9.47 Å². The van der Waals surface area contributed by atoms with Gasteiger partial charge < -0.3 is 19.5 Å². The number of carbonyl (C=O) groups excluding carboxylic acids is 2. The van der Waals surface area contributed by atoms with Crippen LogP contribution in [0.3, 0.4) is 0 Å². The Bertz CT molecular complexity index is 1110. The van der Waals surface area contributed by atoms with E-state index in [2.05, 4.69) is 0 Å². The van der Waals surface area contributed by atoms with Crippen molar-refractivity contribution in [3.63, 3.8) is 0 Å². The molecule has 6 nitrogen and oxygen atoms in total. The second kappa shape index (κ2) is 8.39. The summed E-state index contributed by atoms with van der Waals surface area (Å²) in [5, 5.41) is 11.2. The summed E-state index contributed by atoms with van der Waals surface area (Å²) < 4.78 is 26.1. The van der Waals surface area contributed by atoms with Crippen LogP contribution < -0.4 is 4.74 Å². The van der Waals surface area contributed by atoms with Crippen LogP contribution in [0.1, 0.15) is 42.0 Å². The SMILES string of the molecule is O=C1C(=O)N(CC2CCCO2)C(c2ccccc2F)/C1=C(\O)c1ccc2c(c1)CCCO2. The third-order valence-corrected chi connectivity index (χ3v) is 6.35. The molecule has 2 aromatic carbocycles. The van der Waals surface area contributed by atoms with Crippen LogP contribution in [-0.2, 0) is 20.7 Å². The molecular weight excluding hydrogens is 413 g/mol. The molecule has 2 atom stereocenters. The molecule has 5 rings (SSSR count). The van der Waals surface area contributed by atoms with Crippen molar-refractivity contribution in [3.05, 3.63) is 70.5 Å². The predicted molar refractivity (Wildman–Crippen MR) is 115 cm³/mol. The molecule has 166 valence electrons. The third-order valence-electron chi connectivity index (χ3n) is 6.35. The smallest absolute Gasteiger partial charge is 0.295 e. The number of ether oxygens (including phenoxy) is 2. The number of aryl methyl sites for hydroxylation is 1. The van der Waals surface area contributed by atoms with E-state index in [9.17, 15) is 19.1 Å². The number of carbonyl (C=O) groups is 2. The molecule has 2 aromatic rings. The van der Waals surface area contributed by atoms with Gasteiger partial charge >= 0.3 is 0 Å². The first-order valence-electron chi connectivity index (χ1n) is 10.9. The van der Waals surface area contributed by atoms with Gasteiger partial charge in [-0.05, 0) is 55.5 Å². The molecule has 3 heterocycles. The standard InChI is InChI=1S/C25H24FNO5/c26-19-8-2-1-7-18(19)22-21(24(29)25(30)27(22)14-17-6-4-11-31-17)23(28)16-9-10-20-15(13-16)5-3-12-32-20/h1-2,7-10,13,17,22,28H,3-6,11-12,14H2/b23-21+. The van der Waals surface area contributed by atoms with E-state index in [1.165, 1.54) is 11.0 Å². The minimum absolute atomic E-state index is 0.102. The van der Waals surface area contributed by atoms with E-state index in [0.717, 1.165) is 37.0 Å². The fourth-order valence-electron chi connectivity index (χ4n) is 4.76. The Morgan fingerprint density at radius 1 is 1.12 bits per heavy atom. The Morgan fingerprint density at radius 2 is 1.97 bits per heavy atom. The third kappa shape index (κ3) is 3.56. The van der Waals surface area contributed by atoms with Crippen molar-refractivity contribution >= 4 is 17.4 Å². The zero-order chi connectivity index (χ0) is 22.2. The zero-order valence-electron chi connectivity index (χ0n) is 17.6. The van der Waals surface area contributed by atoms with Gasteiger partial charge in [-0.15, -0.1) is 0 Å². The number of nitrogens with zero attached hydrogens (tertiary/aromatic N) is 1. The monoisotopic (exact) mass is 437 g/mol. The summed E-state index contributed by atoms with van der Waals surface area (Å²) in [5.74, 6) is -1.67. The average molecular weight is 437 g/mol. The van der Waals surface area contributed by atoms with E-state index in [1.54, 1.807) is 36.4 Å². The van der Waals surface area contributed by atoms with Crippen LogP contribution in [0.25, 0.3) is 5.76 Å². The number of rotatable bonds is 4. The van der Waals surface area contributed by atoms with Crippen molar-refractivity contribution in [1.82, 2.24) is 4.90 Å². The minimum Gasteiger partial charge on any atom is -0.507 e. The molecular formula is C25H24FNO5. The molecule has 0 radical (unpaired) electrons. The van der Waals surface area contributed by atoms with Gasteiger partial charge in [0.1, 0.15) is 17.3 Å². The van der Waals surface area contributed by atoms with E-state index < -0.39 is 23.5 Å². The summed E-state index contributed by atoms with van der Waals surface area (Å²) >= 11 is 0. The molecule has 1 N–H and O–H groups in total. The topological polar surface area (TPSA) is 76.1 Å². The lowest BCUT2D eigenvalue weighted by Crippen LogP contribution is -2.36. The van der Waals surface area contributed by atoms with Gasteiger partial charge in [-0.1, -0.05) is 18.2 Å². The summed E-state index contributed by atoms with van der Waals surface area (Å²) in [4.78, 5) is 27.4. The van der Waals surface area contributed by atoms with Gasteiger partial charge in [0.05, 0.1) is 24.3 Å². The van der Waals surface area contributed by atoms with Crippen LogP contribution in [0.4, 0.5) is 4.39 Å². The normalized spacial score (nSPS) is 24.5.